The molecule has 0 aromatic rings. The molecule has 88 valence electrons. The third-order valence-corrected chi connectivity index (χ3v) is 3.89. The van der Waals surface area contributed by atoms with Crippen molar-refractivity contribution in [3.8, 4) is 0 Å². The Morgan fingerprint density at radius 2 is 1.87 bits per heavy atom. The van der Waals surface area contributed by atoms with Crippen LogP contribution in [-0.4, -0.2) is 37.6 Å². The second-order valence-corrected chi connectivity index (χ2v) is 5.86. The minimum Gasteiger partial charge on any atom is -0.313 e. The number of rotatable bonds is 7. The standard InChI is InChI=1S/C13H26N2/c1-10(8-11-4-5-11)14-9-13(15(2)3)12-6-7-12/h10-14H,4-9H2,1-3H3. The summed E-state index contributed by atoms with van der Waals surface area (Å²) in [5.41, 5.74) is 0. The molecular formula is C13H26N2. The highest BCUT2D eigenvalue weighted by atomic mass is 15.1. The molecule has 0 aliphatic heterocycles. The van der Waals surface area contributed by atoms with Crippen LogP contribution in [0.2, 0.25) is 0 Å². The van der Waals surface area contributed by atoms with Crippen LogP contribution in [0.25, 0.3) is 0 Å². The van der Waals surface area contributed by atoms with Crippen molar-refractivity contribution in [3.05, 3.63) is 0 Å². The average Bonchev–Trinajstić information content (AvgIpc) is 2.96. The smallest absolute Gasteiger partial charge is 0.0242 e. The zero-order chi connectivity index (χ0) is 10.8. The third kappa shape index (κ3) is 3.76. The van der Waals surface area contributed by atoms with Gasteiger partial charge in [-0.15, -0.1) is 0 Å². The zero-order valence-corrected chi connectivity index (χ0v) is 10.5. The molecule has 2 aliphatic rings. The van der Waals surface area contributed by atoms with Gasteiger partial charge in [0.05, 0.1) is 0 Å². The van der Waals surface area contributed by atoms with Gasteiger partial charge in [-0.05, 0) is 52.1 Å². The molecule has 0 saturated heterocycles. The summed E-state index contributed by atoms with van der Waals surface area (Å²) in [6.45, 7) is 3.53. The number of nitrogens with zero attached hydrogens (tertiary/aromatic N) is 1. The van der Waals surface area contributed by atoms with Gasteiger partial charge in [0.15, 0.2) is 0 Å². The van der Waals surface area contributed by atoms with Gasteiger partial charge in [-0.3, -0.25) is 0 Å². The van der Waals surface area contributed by atoms with Crippen LogP contribution in [-0.2, 0) is 0 Å². The van der Waals surface area contributed by atoms with Crippen molar-refractivity contribution in [2.75, 3.05) is 20.6 Å². The molecule has 0 amide bonds. The Morgan fingerprint density at radius 1 is 1.20 bits per heavy atom. The second-order valence-electron chi connectivity index (χ2n) is 5.86. The number of nitrogens with one attached hydrogen (secondary N) is 1. The van der Waals surface area contributed by atoms with E-state index in [9.17, 15) is 0 Å². The molecule has 0 heterocycles. The van der Waals surface area contributed by atoms with Gasteiger partial charge in [0, 0.05) is 18.6 Å². The minimum atomic E-state index is 0.721. The van der Waals surface area contributed by atoms with E-state index in [4.69, 9.17) is 0 Å². The van der Waals surface area contributed by atoms with Crippen LogP contribution in [0.15, 0.2) is 0 Å². The van der Waals surface area contributed by atoms with Crippen LogP contribution < -0.4 is 5.32 Å². The first-order valence-corrected chi connectivity index (χ1v) is 6.56. The molecule has 15 heavy (non-hydrogen) atoms. The van der Waals surface area contributed by atoms with E-state index in [1.165, 1.54) is 38.6 Å². The van der Waals surface area contributed by atoms with Gasteiger partial charge < -0.3 is 10.2 Å². The summed E-state index contributed by atoms with van der Waals surface area (Å²) in [6.07, 6.45) is 7.24. The number of likely N-dealkylation sites (N-methyl/N-ethyl adjacent to an activating group) is 1. The largest absolute Gasteiger partial charge is 0.313 e. The minimum absolute atomic E-state index is 0.721. The lowest BCUT2D eigenvalue weighted by molar-refractivity contribution is 0.247. The summed E-state index contributed by atoms with van der Waals surface area (Å²) >= 11 is 0. The summed E-state index contributed by atoms with van der Waals surface area (Å²) in [6, 6.07) is 1.49. The van der Waals surface area contributed by atoms with Crippen molar-refractivity contribution < 1.29 is 0 Å². The number of hydrogen-bond acceptors (Lipinski definition) is 2. The first kappa shape index (κ1) is 11.4. The molecule has 2 saturated carbocycles. The summed E-state index contributed by atoms with van der Waals surface area (Å²) in [5.74, 6) is 2.02. The SMILES string of the molecule is CC(CC1CC1)NCC(C1CC1)N(C)C. The summed E-state index contributed by atoms with van der Waals surface area (Å²) in [7, 11) is 4.44. The van der Waals surface area contributed by atoms with E-state index < -0.39 is 0 Å². The van der Waals surface area contributed by atoms with Crippen LogP contribution >= 0.6 is 0 Å². The van der Waals surface area contributed by atoms with Gasteiger partial charge in [-0.25, -0.2) is 0 Å². The van der Waals surface area contributed by atoms with E-state index in [0.717, 1.165) is 23.9 Å². The quantitative estimate of drug-likeness (QED) is 0.692. The second kappa shape index (κ2) is 4.84. The fourth-order valence-corrected chi connectivity index (χ4v) is 2.51. The topological polar surface area (TPSA) is 15.3 Å². The highest BCUT2D eigenvalue weighted by molar-refractivity contribution is 4.88. The van der Waals surface area contributed by atoms with Crippen molar-refractivity contribution >= 4 is 0 Å². The maximum Gasteiger partial charge on any atom is 0.0242 e. The molecule has 0 aromatic carbocycles. The van der Waals surface area contributed by atoms with Gasteiger partial charge in [-0.1, -0.05) is 12.8 Å². The molecule has 0 radical (unpaired) electrons. The van der Waals surface area contributed by atoms with Crippen molar-refractivity contribution in [1.82, 2.24) is 10.2 Å². The predicted molar refractivity (Wildman–Crippen MR) is 65.0 cm³/mol. The molecule has 2 unspecified atom stereocenters. The van der Waals surface area contributed by atoms with E-state index >= 15 is 0 Å². The Bertz CT molecular complexity index is 193. The molecule has 2 fully saturated rings. The van der Waals surface area contributed by atoms with E-state index in [1.807, 2.05) is 0 Å². The molecule has 0 bridgehead atoms. The molecule has 2 heteroatoms. The fraction of sp³-hybridized carbons (Fsp3) is 1.00. The van der Waals surface area contributed by atoms with E-state index in [0.29, 0.717) is 0 Å². The Labute approximate surface area is 94.4 Å². The maximum absolute atomic E-state index is 3.72. The average molecular weight is 210 g/mol. The Balaban J connectivity index is 1.64. The number of hydrogen-bond donors (Lipinski definition) is 1. The maximum atomic E-state index is 3.72. The third-order valence-electron chi connectivity index (χ3n) is 3.89. The van der Waals surface area contributed by atoms with Gasteiger partial charge >= 0.3 is 0 Å². The molecule has 2 aliphatic carbocycles. The summed E-state index contributed by atoms with van der Waals surface area (Å²) in [5, 5.41) is 3.72. The van der Waals surface area contributed by atoms with Gasteiger partial charge in [0.2, 0.25) is 0 Å². The fourth-order valence-electron chi connectivity index (χ4n) is 2.51. The van der Waals surface area contributed by atoms with Gasteiger partial charge in [0.25, 0.3) is 0 Å². The van der Waals surface area contributed by atoms with Crippen LogP contribution in [0.3, 0.4) is 0 Å². The lowest BCUT2D eigenvalue weighted by Crippen LogP contribution is -2.42. The van der Waals surface area contributed by atoms with Crippen LogP contribution in [0.5, 0.6) is 0 Å². The van der Waals surface area contributed by atoms with Crippen molar-refractivity contribution in [3.63, 3.8) is 0 Å². The van der Waals surface area contributed by atoms with Crippen LogP contribution in [0, 0.1) is 11.8 Å². The first-order chi connectivity index (χ1) is 7.16. The van der Waals surface area contributed by atoms with Crippen molar-refractivity contribution in [2.45, 2.75) is 51.1 Å². The summed E-state index contributed by atoms with van der Waals surface area (Å²) < 4.78 is 0. The molecular weight excluding hydrogens is 184 g/mol. The van der Waals surface area contributed by atoms with Crippen molar-refractivity contribution in [2.24, 2.45) is 11.8 Å². The highest BCUT2D eigenvalue weighted by Crippen LogP contribution is 2.35. The lowest BCUT2D eigenvalue weighted by atomic mass is 10.1. The van der Waals surface area contributed by atoms with E-state index in [2.05, 4.69) is 31.2 Å². The molecule has 0 spiro atoms. The molecule has 0 aromatic heterocycles. The Kier molecular flexibility index (Phi) is 3.68. The van der Waals surface area contributed by atoms with Gasteiger partial charge in [-0.2, -0.15) is 0 Å². The first-order valence-electron chi connectivity index (χ1n) is 6.56. The molecule has 2 rings (SSSR count). The Hall–Kier alpha value is -0.0800. The van der Waals surface area contributed by atoms with Crippen molar-refractivity contribution in [1.29, 1.82) is 0 Å². The predicted octanol–water partition coefficient (Wildman–Crippen LogP) is 2.10. The normalized spacial score (nSPS) is 25.6. The molecule has 1 N–H and O–H groups in total. The molecule has 2 atom stereocenters. The lowest BCUT2D eigenvalue weighted by Gasteiger charge is -2.26. The van der Waals surface area contributed by atoms with Crippen LogP contribution in [0.1, 0.15) is 39.0 Å². The monoisotopic (exact) mass is 210 g/mol. The van der Waals surface area contributed by atoms with E-state index in [-0.39, 0.29) is 0 Å². The summed E-state index contributed by atoms with van der Waals surface area (Å²) in [4.78, 5) is 2.40. The highest BCUT2D eigenvalue weighted by Gasteiger charge is 2.32. The van der Waals surface area contributed by atoms with Gasteiger partial charge in [0.1, 0.15) is 0 Å². The zero-order valence-electron chi connectivity index (χ0n) is 10.5. The van der Waals surface area contributed by atoms with Crippen LogP contribution in [0.4, 0.5) is 0 Å². The van der Waals surface area contributed by atoms with E-state index in [1.54, 1.807) is 0 Å². The molecule has 2 nitrogen and oxygen atoms in total. The Morgan fingerprint density at radius 3 is 2.33 bits per heavy atom.